The third-order valence-corrected chi connectivity index (χ3v) is 3.93. The Bertz CT molecular complexity index is 608. The molecule has 110 valence electrons. The molecule has 0 fully saturated rings. The highest BCUT2D eigenvalue weighted by Gasteiger charge is 2.18. The summed E-state index contributed by atoms with van der Waals surface area (Å²) in [4.78, 5) is 0. The molecule has 0 saturated heterocycles. The molecule has 21 heavy (non-hydrogen) atoms. The van der Waals surface area contributed by atoms with Crippen molar-refractivity contribution in [2.75, 3.05) is 13.1 Å². The van der Waals surface area contributed by atoms with Gasteiger partial charge in [0, 0.05) is 24.7 Å². The molecule has 0 bridgehead atoms. The Labute approximate surface area is 123 Å². The van der Waals surface area contributed by atoms with Crippen molar-refractivity contribution >= 4 is 0 Å². The van der Waals surface area contributed by atoms with E-state index in [1.807, 2.05) is 12.1 Å². The fourth-order valence-electron chi connectivity index (χ4n) is 2.82. The van der Waals surface area contributed by atoms with Crippen LogP contribution in [0.2, 0.25) is 0 Å². The van der Waals surface area contributed by atoms with Gasteiger partial charge < -0.3 is 10.6 Å². The van der Waals surface area contributed by atoms with Crippen LogP contribution < -0.4 is 10.6 Å². The number of nitrogens with one attached hydrogen (secondary N) is 2. The lowest BCUT2D eigenvalue weighted by Crippen LogP contribution is -2.36. The van der Waals surface area contributed by atoms with E-state index in [4.69, 9.17) is 0 Å². The van der Waals surface area contributed by atoms with Gasteiger partial charge in [-0.25, -0.2) is 8.78 Å². The van der Waals surface area contributed by atoms with Crippen molar-refractivity contribution in [3.8, 4) is 0 Å². The van der Waals surface area contributed by atoms with E-state index < -0.39 is 11.6 Å². The second kappa shape index (κ2) is 6.33. The van der Waals surface area contributed by atoms with Gasteiger partial charge >= 0.3 is 0 Å². The Hall–Kier alpha value is -1.78. The first kappa shape index (κ1) is 14.2. The topological polar surface area (TPSA) is 24.1 Å². The average Bonchev–Trinajstić information content (AvgIpc) is 2.50. The molecule has 2 aromatic carbocycles. The van der Waals surface area contributed by atoms with E-state index in [1.54, 1.807) is 0 Å². The van der Waals surface area contributed by atoms with Crippen LogP contribution in [0.1, 0.15) is 22.7 Å². The number of benzene rings is 2. The zero-order chi connectivity index (χ0) is 14.7. The van der Waals surface area contributed by atoms with Gasteiger partial charge in [-0.1, -0.05) is 30.3 Å². The van der Waals surface area contributed by atoms with E-state index >= 15 is 0 Å². The quantitative estimate of drug-likeness (QED) is 0.904. The Morgan fingerprint density at radius 3 is 2.62 bits per heavy atom. The fraction of sp³-hybridized carbons (Fsp3) is 0.294. The summed E-state index contributed by atoms with van der Waals surface area (Å²) in [5, 5.41) is 6.59. The molecule has 0 unspecified atom stereocenters. The molecule has 0 aromatic heterocycles. The van der Waals surface area contributed by atoms with Gasteiger partial charge in [0.15, 0.2) is 0 Å². The van der Waals surface area contributed by atoms with Crippen molar-refractivity contribution in [2.24, 2.45) is 0 Å². The van der Waals surface area contributed by atoms with E-state index in [-0.39, 0.29) is 18.2 Å². The zero-order valence-corrected chi connectivity index (χ0v) is 11.7. The van der Waals surface area contributed by atoms with E-state index in [2.05, 4.69) is 22.8 Å². The molecule has 0 spiro atoms. The van der Waals surface area contributed by atoms with E-state index in [1.165, 1.54) is 29.3 Å². The molecule has 1 aliphatic heterocycles. The monoisotopic (exact) mass is 288 g/mol. The van der Waals surface area contributed by atoms with Crippen LogP contribution in [0.25, 0.3) is 0 Å². The molecule has 3 rings (SSSR count). The van der Waals surface area contributed by atoms with Crippen LogP contribution in [0.4, 0.5) is 8.78 Å². The molecule has 0 saturated carbocycles. The van der Waals surface area contributed by atoms with Crippen molar-refractivity contribution in [3.05, 3.63) is 70.8 Å². The first-order valence-electron chi connectivity index (χ1n) is 7.20. The first-order chi connectivity index (χ1) is 10.3. The summed E-state index contributed by atoms with van der Waals surface area (Å²) >= 11 is 0. The molecule has 0 amide bonds. The van der Waals surface area contributed by atoms with Gasteiger partial charge in [0.25, 0.3) is 0 Å². The standard InChI is InChI=1S/C17H18F2N2/c18-15-6-3-7-16(19)14(15)10-20-11-17-13-5-2-1-4-12(13)8-9-21-17/h1-7,17,20-21H,8-11H2/t17-/m1/s1. The van der Waals surface area contributed by atoms with Gasteiger partial charge in [0.05, 0.1) is 0 Å². The molecule has 4 heteroatoms. The lowest BCUT2D eigenvalue weighted by atomic mass is 9.94. The van der Waals surface area contributed by atoms with Crippen molar-refractivity contribution in [2.45, 2.75) is 19.0 Å². The Kier molecular flexibility index (Phi) is 4.27. The summed E-state index contributed by atoms with van der Waals surface area (Å²) in [6.07, 6.45) is 1.02. The SMILES string of the molecule is Fc1cccc(F)c1CNC[C@H]1NCCc2ccccc21. The Morgan fingerprint density at radius 1 is 1.05 bits per heavy atom. The van der Waals surface area contributed by atoms with Crippen LogP contribution in [0.5, 0.6) is 0 Å². The van der Waals surface area contributed by atoms with Gasteiger partial charge in [-0.05, 0) is 36.2 Å². The summed E-state index contributed by atoms with van der Waals surface area (Å²) in [5.41, 5.74) is 2.71. The Balaban J connectivity index is 1.64. The third-order valence-electron chi connectivity index (χ3n) is 3.93. The van der Waals surface area contributed by atoms with Crippen molar-refractivity contribution in [1.29, 1.82) is 0 Å². The maximum atomic E-state index is 13.6. The van der Waals surface area contributed by atoms with Crippen molar-refractivity contribution < 1.29 is 8.78 Å². The molecular formula is C17H18F2N2. The van der Waals surface area contributed by atoms with Crippen LogP contribution >= 0.6 is 0 Å². The lowest BCUT2D eigenvalue weighted by Gasteiger charge is -2.27. The summed E-state index contributed by atoms with van der Waals surface area (Å²) < 4.78 is 27.1. The van der Waals surface area contributed by atoms with Crippen molar-refractivity contribution in [3.63, 3.8) is 0 Å². The van der Waals surface area contributed by atoms with E-state index in [9.17, 15) is 8.78 Å². The minimum Gasteiger partial charge on any atom is -0.311 e. The number of halogens is 2. The maximum absolute atomic E-state index is 13.6. The minimum atomic E-state index is -0.500. The minimum absolute atomic E-state index is 0.0987. The highest BCUT2D eigenvalue weighted by Crippen LogP contribution is 2.22. The second-order valence-electron chi connectivity index (χ2n) is 5.29. The van der Waals surface area contributed by atoms with E-state index in [0.717, 1.165) is 13.0 Å². The molecule has 2 N–H and O–H groups in total. The number of fused-ring (bicyclic) bond motifs is 1. The molecule has 1 atom stereocenters. The predicted molar refractivity (Wildman–Crippen MR) is 79.0 cm³/mol. The molecular weight excluding hydrogens is 270 g/mol. The van der Waals surface area contributed by atoms with Crippen molar-refractivity contribution in [1.82, 2.24) is 10.6 Å². The highest BCUT2D eigenvalue weighted by molar-refractivity contribution is 5.32. The van der Waals surface area contributed by atoms with Crippen LogP contribution in [0.15, 0.2) is 42.5 Å². The largest absolute Gasteiger partial charge is 0.311 e. The summed E-state index contributed by atoms with van der Waals surface area (Å²) in [6, 6.07) is 12.5. The number of hydrogen-bond donors (Lipinski definition) is 2. The molecule has 2 nitrogen and oxygen atoms in total. The summed E-state index contributed by atoms with van der Waals surface area (Å²) in [6.45, 7) is 1.76. The lowest BCUT2D eigenvalue weighted by molar-refractivity contribution is 0.458. The number of hydrogen-bond acceptors (Lipinski definition) is 2. The predicted octanol–water partition coefficient (Wildman–Crippen LogP) is 2.94. The zero-order valence-electron chi connectivity index (χ0n) is 11.7. The second-order valence-corrected chi connectivity index (χ2v) is 5.29. The van der Waals surface area contributed by atoms with Crippen LogP contribution in [0, 0.1) is 11.6 Å². The van der Waals surface area contributed by atoms with Gasteiger partial charge in [0.1, 0.15) is 11.6 Å². The smallest absolute Gasteiger partial charge is 0.130 e. The van der Waals surface area contributed by atoms with Crippen LogP contribution in [0.3, 0.4) is 0 Å². The van der Waals surface area contributed by atoms with Crippen LogP contribution in [-0.4, -0.2) is 13.1 Å². The average molecular weight is 288 g/mol. The van der Waals surface area contributed by atoms with Gasteiger partial charge in [-0.3, -0.25) is 0 Å². The molecule has 1 aliphatic rings. The third kappa shape index (κ3) is 3.12. The maximum Gasteiger partial charge on any atom is 0.130 e. The van der Waals surface area contributed by atoms with E-state index in [0.29, 0.717) is 6.54 Å². The fourth-order valence-corrected chi connectivity index (χ4v) is 2.82. The highest BCUT2D eigenvalue weighted by atomic mass is 19.1. The van der Waals surface area contributed by atoms with Crippen LogP contribution in [-0.2, 0) is 13.0 Å². The molecule has 0 aliphatic carbocycles. The molecule has 1 heterocycles. The van der Waals surface area contributed by atoms with Gasteiger partial charge in [0.2, 0.25) is 0 Å². The molecule has 2 aromatic rings. The first-order valence-corrected chi connectivity index (χ1v) is 7.20. The van der Waals surface area contributed by atoms with Gasteiger partial charge in [-0.15, -0.1) is 0 Å². The summed E-state index contributed by atoms with van der Waals surface area (Å²) in [5.74, 6) is -1.00. The van der Waals surface area contributed by atoms with Gasteiger partial charge in [-0.2, -0.15) is 0 Å². The normalized spacial score (nSPS) is 17.5. The summed E-state index contributed by atoms with van der Waals surface area (Å²) in [7, 11) is 0. The molecule has 0 radical (unpaired) electrons. The number of rotatable bonds is 4. The Morgan fingerprint density at radius 2 is 1.81 bits per heavy atom.